The molecule has 6 heteroatoms. The van der Waals surface area contributed by atoms with Gasteiger partial charge in [-0.05, 0) is 61.1 Å². The zero-order chi connectivity index (χ0) is 19.5. The number of carbonyl (C=O) groups excluding carboxylic acids is 2. The number of aryl methyl sites for hydroxylation is 2. The van der Waals surface area contributed by atoms with Crippen LogP contribution >= 0.6 is 11.3 Å². The number of benzene rings is 2. The van der Waals surface area contributed by atoms with Crippen LogP contribution in [-0.4, -0.2) is 30.8 Å². The molecule has 0 aliphatic heterocycles. The van der Waals surface area contributed by atoms with Gasteiger partial charge in [-0.3, -0.25) is 9.69 Å². The van der Waals surface area contributed by atoms with Crippen LogP contribution in [0.15, 0.2) is 36.4 Å². The van der Waals surface area contributed by atoms with Gasteiger partial charge < -0.3 is 9.53 Å². The third-order valence-corrected chi connectivity index (χ3v) is 6.18. The van der Waals surface area contributed by atoms with E-state index in [2.05, 4.69) is 11.1 Å². The van der Waals surface area contributed by atoms with E-state index in [4.69, 9.17) is 4.74 Å². The summed E-state index contributed by atoms with van der Waals surface area (Å²) in [5.74, 6) is 0.560. The van der Waals surface area contributed by atoms with Gasteiger partial charge in [-0.2, -0.15) is 0 Å². The van der Waals surface area contributed by atoms with Crippen molar-refractivity contribution in [2.45, 2.75) is 32.1 Å². The second-order valence-electron chi connectivity index (χ2n) is 6.91. The highest BCUT2D eigenvalue weighted by Crippen LogP contribution is 2.35. The number of aldehydes is 1. The molecule has 0 unspecified atom stereocenters. The molecule has 3 aromatic rings. The van der Waals surface area contributed by atoms with Crippen molar-refractivity contribution < 1.29 is 14.3 Å². The lowest BCUT2D eigenvalue weighted by molar-refractivity contribution is -0.107. The van der Waals surface area contributed by atoms with E-state index in [9.17, 15) is 9.59 Å². The SMILES string of the molecule is COc1cccc2sc(N(CCC=O)C(=O)c3ccc4c(c3)CCCC4)nc12. The minimum absolute atomic E-state index is 0.117. The van der Waals surface area contributed by atoms with E-state index in [1.807, 2.05) is 30.3 Å². The van der Waals surface area contributed by atoms with E-state index in [0.29, 0.717) is 23.0 Å². The summed E-state index contributed by atoms with van der Waals surface area (Å²) in [6, 6.07) is 11.7. The van der Waals surface area contributed by atoms with Crippen LogP contribution in [0.2, 0.25) is 0 Å². The zero-order valence-electron chi connectivity index (χ0n) is 15.8. The fourth-order valence-corrected chi connectivity index (χ4v) is 4.69. The maximum Gasteiger partial charge on any atom is 0.260 e. The van der Waals surface area contributed by atoms with Gasteiger partial charge in [0.05, 0.1) is 11.8 Å². The number of thiazole rings is 1. The molecule has 4 rings (SSSR count). The van der Waals surface area contributed by atoms with Crippen LogP contribution in [0.5, 0.6) is 5.75 Å². The van der Waals surface area contributed by atoms with Crippen LogP contribution in [0, 0.1) is 0 Å². The summed E-state index contributed by atoms with van der Waals surface area (Å²) >= 11 is 1.44. The van der Waals surface area contributed by atoms with Crippen LogP contribution in [0.1, 0.15) is 40.7 Å². The van der Waals surface area contributed by atoms with Gasteiger partial charge in [0, 0.05) is 18.5 Å². The molecule has 1 aliphatic rings. The molecular weight excluding hydrogens is 372 g/mol. The molecule has 0 fully saturated rings. The number of hydrogen-bond acceptors (Lipinski definition) is 5. The fraction of sp³-hybridized carbons (Fsp3) is 0.318. The molecule has 1 heterocycles. The molecule has 1 amide bonds. The molecule has 1 aromatic heterocycles. The summed E-state index contributed by atoms with van der Waals surface area (Å²) in [5, 5.41) is 0.587. The number of hydrogen-bond donors (Lipinski definition) is 0. The van der Waals surface area contributed by atoms with Crippen LogP contribution in [0.25, 0.3) is 10.2 Å². The van der Waals surface area contributed by atoms with Gasteiger partial charge in [0.25, 0.3) is 5.91 Å². The number of para-hydroxylation sites is 1. The molecule has 0 radical (unpaired) electrons. The quantitative estimate of drug-likeness (QED) is 0.581. The molecule has 0 bridgehead atoms. The first-order chi connectivity index (χ1) is 13.7. The number of methoxy groups -OCH3 is 1. The number of fused-ring (bicyclic) bond motifs is 2. The van der Waals surface area contributed by atoms with Gasteiger partial charge >= 0.3 is 0 Å². The second-order valence-corrected chi connectivity index (χ2v) is 7.92. The number of nitrogens with zero attached hydrogens (tertiary/aromatic N) is 2. The summed E-state index contributed by atoms with van der Waals surface area (Å²) in [5.41, 5.74) is 3.99. The van der Waals surface area contributed by atoms with Gasteiger partial charge in [0.15, 0.2) is 5.13 Å². The normalized spacial score (nSPS) is 13.2. The molecule has 144 valence electrons. The monoisotopic (exact) mass is 394 g/mol. The maximum absolute atomic E-state index is 13.3. The highest BCUT2D eigenvalue weighted by Gasteiger charge is 2.23. The lowest BCUT2D eigenvalue weighted by Gasteiger charge is -2.21. The van der Waals surface area contributed by atoms with Gasteiger partial charge in [-0.1, -0.05) is 23.5 Å². The fourth-order valence-electron chi connectivity index (χ4n) is 3.68. The van der Waals surface area contributed by atoms with Crippen molar-refractivity contribution in [2.75, 3.05) is 18.6 Å². The first kappa shape index (κ1) is 18.6. The van der Waals surface area contributed by atoms with E-state index >= 15 is 0 Å². The Balaban J connectivity index is 1.71. The van der Waals surface area contributed by atoms with Crippen molar-refractivity contribution in [3.05, 3.63) is 53.1 Å². The number of anilines is 1. The van der Waals surface area contributed by atoms with E-state index in [1.165, 1.54) is 28.9 Å². The van der Waals surface area contributed by atoms with Crippen LogP contribution in [0.4, 0.5) is 5.13 Å². The predicted molar refractivity (Wildman–Crippen MR) is 112 cm³/mol. The second kappa shape index (κ2) is 8.10. The summed E-state index contributed by atoms with van der Waals surface area (Å²) in [7, 11) is 1.61. The molecular formula is C22H22N2O3S. The van der Waals surface area contributed by atoms with E-state index in [1.54, 1.807) is 12.0 Å². The Morgan fingerprint density at radius 3 is 2.82 bits per heavy atom. The molecule has 0 N–H and O–H groups in total. The van der Waals surface area contributed by atoms with Crippen LogP contribution < -0.4 is 9.64 Å². The standard InChI is InChI=1S/C22H22N2O3S/c1-27-18-8-4-9-19-20(18)23-22(28-19)24(12-5-13-25)21(26)17-11-10-15-6-2-3-7-16(15)14-17/h4,8-11,13-14H,2-3,5-7,12H2,1H3. The Kier molecular flexibility index (Phi) is 5.39. The molecule has 0 atom stereocenters. The molecule has 2 aromatic carbocycles. The van der Waals surface area contributed by atoms with Crippen molar-refractivity contribution in [1.29, 1.82) is 0 Å². The Morgan fingerprint density at radius 1 is 1.21 bits per heavy atom. The van der Waals surface area contributed by atoms with Crippen LogP contribution in [0.3, 0.4) is 0 Å². The van der Waals surface area contributed by atoms with Crippen molar-refractivity contribution in [3.8, 4) is 5.75 Å². The van der Waals surface area contributed by atoms with E-state index < -0.39 is 0 Å². The first-order valence-electron chi connectivity index (χ1n) is 9.52. The number of carbonyl (C=O) groups is 2. The van der Waals surface area contributed by atoms with Crippen molar-refractivity contribution in [3.63, 3.8) is 0 Å². The highest BCUT2D eigenvalue weighted by atomic mass is 32.1. The number of aromatic nitrogens is 1. The van der Waals surface area contributed by atoms with Crippen molar-refractivity contribution in [1.82, 2.24) is 4.98 Å². The molecule has 1 aliphatic carbocycles. The zero-order valence-corrected chi connectivity index (χ0v) is 16.6. The lowest BCUT2D eigenvalue weighted by atomic mass is 9.90. The Morgan fingerprint density at radius 2 is 2.04 bits per heavy atom. The summed E-state index contributed by atoms with van der Waals surface area (Å²) in [6.07, 6.45) is 5.57. The van der Waals surface area contributed by atoms with E-state index in [-0.39, 0.29) is 12.3 Å². The minimum Gasteiger partial charge on any atom is -0.494 e. The number of ether oxygens (including phenoxy) is 1. The van der Waals surface area contributed by atoms with Gasteiger partial charge in [0.2, 0.25) is 0 Å². The number of amides is 1. The molecule has 28 heavy (non-hydrogen) atoms. The summed E-state index contributed by atoms with van der Waals surface area (Å²) < 4.78 is 6.34. The third-order valence-electron chi connectivity index (χ3n) is 5.13. The Hall–Kier alpha value is -2.73. The van der Waals surface area contributed by atoms with Crippen molar-refractivity contribution in [2.24, 2.45) is 0 Å². The topological polar surface area (TPSA) is 59.5 Å². The van der Waals surface area contributed by atoms with Gasteiger partial charge in [-0.15, -0.1) is 0 Å². The third kappa shape index (κ3) is 3.52. The van der Waals surface area contributed by atoms with Crippen LogP contribution in [-0.2, 0) is 17.6 Å². The molecule has 5 nitrogen and oxygen atoms in total. The molecule has 0 spiro atoms. The lowest BCUT2D eigenvalue weighted by Crippen LogP contribution is -2.32. The maximum atomic E-state index is 13.3. The molecule has 0 saturated carbocycles. The predicted octanol–water partition coefficient (Wildman–Crippen LogP) is 4.42. The average molecular weight is 394 g/mol. The summed E-state index contributed by atoms with van der Waals surface area (Å²) in [6.45, 7) is 0.307. The molecule has 0 saturated heterocycles. The number of rotatable bonds is 6. The first-order valence-corrected chi connectivity index (χ1v) is 10.3. The smallest absolute Gasteiger partial charge is 0.260 e. The average Bonchev–Trinajstić information content (AvgIpc) is 3.17. The van der Waals surface area contributed by atoms with Gasteiger partial charge in [0.1, 0.15) is 17.6 Å². The highest BCUT2D eigenvalue weighted by molar-refractivity contribution is 7.22. The largest absolute Gasteiger partial charge is 0.494 e. The summed E-state index contributed by atoms with van der Waals surface area (Å²) in [4.78, 5) is 30.6. The Labute approximate surface area is 168 Å². The minimum atomic E-state index is -0.117. The van der Waals surface area contributed by atoms with Gasteiger partial charge in [-0.25, -0.2) is 4.98 Å². The van der Waals surface area contributed by atoms with E-state index in [0.717, 1.165) is 35.8 Å². The Bertz CT molecular complexity index is 1030. The van der Waals surface area contributed by atoms with Crippen molar-refractivity contribution >= 4 is 38.9 Å².